The minimum absolute atomic E-state index is 0.0325. The lowest BCUT2D eigenvalue weighted by Crippen LogP contribution is -2.48. The molecule has 2 fully saturated rings. The van der Waals surface area contributed by atoms with Crippen LogP contribution in [0.25, 0.3) is 22.2 Å². The molecule has 2 aromatic heterocycles. The molecule has 5 rings (SSSR count). The van der Waals surface area contributed by atoms with Gasteiger partial charge >= 0.3 is 6.30 Å². The Morgan fingerprint density at radius 1 is 1.28 bits per heavy atom. The van der Waals surface area contributed by atoms with Gasteiger partial charge in [-0.05, 0) is 18.6 Å². The average Bonchev–Trinajstić information content (AvgIpc) is 3.32. The van der Waals surface area contributed by atoms with E-state index < -0.39 is 6.30 Å². The van der Waals surface area contributed by atoms with E-state index in [1.165, 1.54) is 0 Å². The summed E-state index contributed by atoms with van der Waals surface area (Å²) in [5.74, 6) is 0. The number of nitrogens with zero attached hydrogens (tertiary/aromatic N) is 4. The number of rotatable bonds is 4. The van der Waals surface area contributed by atoms with Crippen molar-refractivity contribution in [3.8, 4) is 11.3 Å². The molecule has 2 N–H and O–H groups in total. The smallest absolute Gasteiger partial charge is 0.380 e. The van der Waals surface area contributed by atoms with Gasteiger partial charge < -0.3 is 10.1 Å². The molecule has 2 aliphatic rings. The van der Waals surface area contributed by atoms with E-state index in [9.17, 15) is 13.2 Å². The van der Waals surface area contributed by atoms with Gasteiger partial charge in [-0.25, -0.2) is 0 Å². The second kappa shape index (κ2) is 6.89. The molecule has 3 aromatic rings. The Morgan fingerprint density at radius 2 is 2.10 bits per heavy atom. The molecule has 0 saturated carbocycles. The van der Waals surface area contributed by atoms with E-state index in [2.05, 4.69) is 25.5 Å². The molecule has 0 unspecified atom stereocenters. The minimum atomic E-state index is -4.57. The molecule has 0 aliphatic carbocycles. The lowest BCUT2D eigenvalue weighted by molar-refractivity contribution is -0.212. The van der Waals surface area contributed by atoms with Crippen molar-refractivity contribution in [2.45, 2.75) is 24.8 Å². The fourth-order valence-corrected chi connectivity index (χ4v) is 4.06. The summed E-state index contributed by atoms with van der Waals surface area (Å²) >= 11 is 6.43. The number of alkyl halides is 3. The second-order valence-corrected chi connectivity index (χ2v) is 7.81. The van der Waals surface area contributed by atoms with Crippen molar-refractivity contribution in [2.75, 3.05) is 31.6 Å². The normalized spacial score (nSPS) is 21.0. The first kappa shape index (κ1) is 18.7. The second-order valence-electron chi connectivity index (χ2n) is 7.41. The molecular weight excluding hydrogens is 409 g/mol. The zero-order valence-corrected chi connectivity index (χ0v) is 16.0. The van der Waals surface area contributed by atoms with Gasteiger partial charge in [0, 0.05) is 36.3 Å². The van der Waals surface area contributed by atoms with E-state index in [1.807, 2.05) is 6.07 Å². The molecule has 1 aromatic carbocycles. The highest BCUT2D eigenvalue weighted by atomic mass is 35.5. The van der Waals surface area contributed by atoms with Crippen LogP contribution in [-0.2, 0) is 11.0 Å². The Labute approximate surface area is 168 Å². The predicted molar refractivity (Wildman–Crippen MR) is 102 cm³/mol. The van der Waals surface area contributed by atoms with Crippen molar-refractivity contribution >= 4 is 28.2 Å². The quantitative estimate of drug-likeness (QED) is 0.668. The predicted octanol–water partition coefficient (Wildman–Crippen LogP) is 3.44. The number of aromatic amines is 1. The van der Waals surface area contributed by atoms with Crippen molar-refractivity contribution in [1.82, 2.24) is 24.9 Å². The Bertz CT molecular complexity index is 1040. The van der Waals surface area contributed by atoms with Crippen LogP contribution in [0.3, 0.4) is 0 Å². The lowest BCUT2D eigenvalue weighted by atomic mass is 10.1. The first-order chi connectivity index (χ1) is 13.9. The van der Waals surface area contributed by atoms with Crippen molar-refractivity contribution in [3.05, 3.63) is 29.5 Å². The van der Waals surface area contributed by atoms with Crippen molar-refractivity contribution in [2.24, 2.45) is 0 Å². The van der Waals surface area contributed by atoms with E-state index in [1.54, 1.807) is 6.07 Å². The molecular formula is C18H18ClF3N6O. The summed E-state index contributed by atoms with van der Waals surface area (Å²) in [5, 5.41) is 15.1. The number of benzene rings is 1. The summed E-state index contributed by atoms with van der Waals surface area (Å²) < 4.78 is 43.8. The summed E-state index contributed by atoms with van der Waals surface area (Å²) in [5.41, 5.74) is 2.06. The summed E-state index contributed by atoms with van der Waals surface area (Å²) in [6.07, 6.45) is -1.51. The molecule has 154 valence electrons. The maximum Gasteiger partial charge on any atom is 0.504 e. The van der Waals surface area contributed by atoms with Crippen molar-refractivity contribution in [1.29, 1.82) is 0 Å². The number of aromatic nitrogens is 4. The summed E-state index contributed by atoms with van der Waals surface area (Å²) in [6.45, 7) is 3.46. The van der Waals surface area contributed by atoms with Crippen LogP contribution in [0, 0.1) is 0 Å². The molecule has 0 spiro atoms. The van der Waals surface area contributed by atoms with E-state index in [-0.39, 0.29) is 16.3 Å². The van der Waals surface area contributed by atoms with Crippen LogP contribution in [0.2, 0.25) is 5.02 Å². The van der Waals surface area contributed by atoms with E-state index >= 15 is 0 Å². The molecule has 1 atom stereocenters. The van der Waals surface area contributed by atoms with Gasteiger partial charge in [0.1, 0.15) is 5.69 Å². The number of nitrogens with one attached hydrogen (secondary N) is 2. The lowest BCUT2D eigenvalue weighted by Gasteiger charge is -2.34. The molecule has 11 heteroatoms. The Balaban J connectivity index is 1.41. The molecule has 0 amide bonds. The van der Waals surface area contributed by atoms with Gasteiger partial charge in [-0.2, -0.15) is 14.9 Å². The summed E-state index contributed by atoms with van der Waals surface area (Å²) in [4.78, 5) is 2.41. The van der Waals surface area contributed by atoms with Gasteiger partial charge in [0.2, 0.25) is 0 Å². The minimum Gasteiger partial charge on any atom is -0.380 e. The Hall–Kier alpha value is -2.30. The summed E-state index contributed by atoms with van der Waals surface area (Å²) in [7, 11) is 0. The van der Waals surface area contributed by atoms with Crippen LogP contribution in [-0.4, -0.2) is 63.3 Å². The summed E-state index contributed by atoms with van der Waals surface area (Å²) in [6, 6.07) is 4.30. The highest BCUT2D eigenvalue weighted by Crippen LogP contribution is 2.35. The Morgan fingerprint density at radius 3 is 2.79 bits per heavy atom. The molecule has 7 nitrogen and oxygen atoms in total. The van der Waals surface area contributed by atoms with E-state index in [0.29, 0.717) is 27.7 Å². The van der Waals surface area contributed by atoms with Gasteiger partial charge in [0.15, 0.2) is 0 Å². The third kappa shape index (κ3) is 3.45. The van der Waals surface area contributed by atoms with E-state index in [0.717, 1.165) is 50.8 Å². The van der Waals surface area contributed by atoms with Crippen molar-refractivity contribution in [3.63, 3.8) is 0 Å². The number of hydrogen-bond acceptors (Lipinski definition) is 5. The molecule has 0 bridgehead atoms. The number of ether oxygens (including phenoxy) is 1. The highest BCUT2D eigenvalue weighted by molar-refractivity contribution is 6.34. The van der Waals surface area contributed by atoms with Crippen molar-refractivity contribution < 1.29 is 17.9 Å². The van der Waals surface area contributed by atoms with Crippen LogP contribution in [0.15, 0.2) is 24.5 Å². The van der Waals surface area contributed by atoms with Gasteiger partial charge in [0.05, 0.1) is 41.7 Å². The zero-order chi connectivity index (χ0) is 20.2. The highest BCUT2D eigenvalue weighted by Gasteiger charge is 2.33. The Kier molecular flexibility index (Phi) is 4.45. The number of fused-ring (bicyclic) bond motifs is 1. The first-order valence-corrected chi connectivity index (χ1v) is 9.64. The number of anilines is 1. The van der Waals surface area contributed by atoms with Crippen LogP contribution in [0.1, 0.15) is 6.42 Å². The zero-order valence-electron chi connectivity index (χ0n) is 15.2. The first-order valence-electron chi connectivity index (χ1n) is 9.26. The largest absolute Gasteiger partial charge is 0.504 e. The third-order valence-corrected chi connectivity index (χ3v) is 5.80. The van der Waals surface area contributed by atoms with Gasteiger partial charge in [-0.1, -0.05) is 11.6 Å². The average molecular weight is 427 g/mol. The van der Waals surface area contributed by atoms with Gasteiger partial charge in [-0.3, -0.25) is 10.00 Å². The number of hydrogen-bond donors (Lipinski definition) is 2. The maximum atomic E-state index is 12.9. The molecule has 29 heavy (non-hydrogen) atoms. The third-order valence-electron chi connectivity index (χ3n) is 5.48. The van der Waals surface area contributed by atoms with Gasteiger partial charge in [-0.15, -0.1) is 13.2 Å². The van der Waals surface area contributed by atoms with Crippen LogP contribution in [0.4, 0.5) is 18.9 Å². The SMILES string of the molecule is FC(F)(F)n1cc(-c2n[nH]c3cc(Cl)c(N[C@@H]4CCN(C5COC5)C4)cc23)cn1. The van der Waals surface area contributed by atoms with Crippen LogP contribution >= 0.6 is 11.6 Å². The monoisotopic (exact) mass is 426 g/mol. The van der Waals surface area contributed by atoms with Gasteiger partial charge in [0.25, 0.3) is 0 Å². The topological polar surface area (TPSA) is 71.0 Å². The fourth-order valence-electron chi connectivity index (χ4n) is 3.84. The van der Waals surface area contributed by atoms with Crippen LogP contribution in [0.5, 0.6) is 0 Å². The number of halogens is 4. The van der Waals surface area contributed by atoms with E-state index in [4.69, 9.17) is 16.3 Å². The number of likely N-dealkylation sites (tertiary alicyclic amines) is 1. The standard InChI is InChI=1S/C18H18ClF3N6O/c19-14-4-15-13(17(26-25-15)10-5-23-28(6-10)18(20,21)22)3-16(14)24-11-1-2-27(7-11)12-8-29-9-12/h3-6,11-12,24H,1-2,7-9H2,(H,25,26)/t11-/m1/s1. The maximum absolute atomic E-state index is 12.9. The molecule has 0 radical (unpaired) electrons. The molecule has 2 aliphatic heterocycles. The van der Waals surface area contributed by atoms with Crippen LogP contribution < -0.4 is 5.32 Å². The molecule has 2 saturated heterocycles. The number of H-pyrrole nitrogens is 1. The fraction of sp³-hybridized carbons (Fsp3) is 0.444. The molecule has 4 heterocycles.